The number of halogens is 2. The Labute approximate surface area is 113 Å². The lowest BCUT2D eigenvalue weighted by molar-refractivity contribution is 0.254. The van der Waals surface area contributed by atoms with Crippen LogP contribution in [0.5, 0.6) is 0 Å². The monoisotopic (exact) mass is 268 g/mol. The predicted octanol–water partition coefficient (Wildman–Crippen LogP) is 2.93. The van der Waals surface area contributed by atoms with E-state index in [0.29, 0.717) is 12.6 Å². The van der Waals surface area contributed by atoms with Gasteiger partial charge in [0.15, 0.2) is 11.6 Å². The molecular weight excluding hydrogens is 246 g/mol. The predicted molar refractivity (Wildman–Crippen MR) is 73.0 cm³/mol. The third kappa shape index (κ3) is 4.25. The van der Waals surface area contributed by atoms with Crippen molar-refractivity contribution in [1.29, 1.82) is 0 Å². The van der Waals surface area contributed by atoms with Crippen molar-refractivity contribution in [3.8, 4) is 0 Å². The minimum Gasteiger partial charge on any atom is -0.313 e. The third-order valence-electron chi connectivity index (χ3n) is 3.59. The maximum Gasteiger partial charge on any atom is 0.159 e. The van der Waals surface area contributed by atoms with Crippen LogP contribution in [0.15, 0.2) is 18.2 Å². The van der Waals surface area contributed by atoms with Crippen LogP contribution in [-0.4, -0.2) is 30.6 Å². The minimum atomic E-state index is -0.773. The van der Waals surface area contributed by atoms with E-state index < -0.39 is 11.6 Å². The van der Waals surface area contributed by atoms with E-state index in [1.807, 2.05) is 0 Å². The molecule has 1 fully saturated rings. The van der Waals surface area contributed by atoms with Gasteiger partial charge in [-0.25, -0.2) is 8.78 Å². The maximum absolute atomic E-state index is 13.2. The summed E-state index contributed by atoms with van der Waals surface area (Å²) in [6.07, 6.45) is 3.43. The van der Waals surface area contributed by atoms with Gasteiger partial charge in [-0.2, -0.15) is 0 Å². The first kappa shape index (κ1) is 14.4. The molecule has 4 heteroatoms. The van der Waals surface area contributed by atoms with Crippen molar-refractivity contribution < 1.29 is 8.78 Å². The molecule has 1 aromatic carbocycles. The molecule has 0 bridgehead atoms. The van der Waals surface area contributed by atoms with Gasteiger partial charge in [-0.3, -0.25) is 4.90 Å². The van der Waals surface area contributed by atoms with Gasteiger partial charge in [0.05, 0.1) is 0 Å². The van der Waals surface area contributed by atoms with Crippen LogP contribution in [0.4, 0.5) is 8.78 Å². The van der Waals surface area contributed by atoms with Crippen molar-refractivity contribution in [2.45, 2.75) is 38.8 Å². The summed E-state index contributed by atoms with van der Waals surface area (Å²) in [7, 11) is 0. The average molecular weight is 268 g/mol. The van der Waals surface area contributed by atoms with E-state index in [1.165, 1.54) is 12.1 Å². The molecule has 1 aliphatic rings. The molecule has 1 aliphatic heterocycles. The summed E-state index contributed by atoms with van der Waals surface area (Å²) < 4.78 is 26.1. The molecule has 0 aromatic heterocycles. The molecule has 1 N–H and O–H groups in total. The second kappa shape index (κ2) is 6.96. The highest BCUT2D eigenvalue weighted by atomic mass is 19.2. The molecule has 0 spiro atoms. The van der Waals surface area contributed by atoms with Crippen LogP contribution in [0, 0.1) is 11.6 Å². The number of nitrogens with zero attached hydrogens (tertiary/aromatic N) is 1. The van der Waals surface area contributed by atoms with E-state index in [4.69, 9.17) is 0 Å². The van der Waals surface area contributed by atoms with Crippen molar-refractivity contribution in [3.63, 3.8) is 0 Å². The molecule has 1 heterocycles. The Hall–Kier alpha value is -1.00. The van der Waals surface area contributed by atoms with Gasteiger partial charge in [-0.1, -0.05) is 19.4 Å². The Morgan fingerprint density at radius 2 is 2.16 bits per heavy atom. The first-order chi connectivity index (χ1) is 9.19. The zero-order valence-electron chi connectivity index (χ0n) is 11.5. The fraction of sp³-hybridized carbons (Fsp3) is 0.600. The normalized spacial score (nSPS) is 21.3. The number of rotatable bonds is 4. The average Bonchev–Trinajstić information content (AvgIpc) is 2.60. The van der Waals surface area contributed by atoms with Crippen molar-refractivity contribution in [1.82, 2.24) is 10.2 Å². The lowest BCUT2D eigenvalue weighted by Gasteiger charge is -2.24. The molecule has 1 aromatic rings. The van der Waals surface area contributed by atoms with Gasteiger partial charge >= 0.3 is 0 Å². The largest absolute Gasteiger partial charge is 0.313 e. The third-order valence-corrected chi connectivity index (χ3v) is 3.59. The Balaban J connectivity index is 1.97. The van der Waals surface area contributed by atoms with E-state index in [9.17, 15) is 8.78 Å². The number of nitrogens with one attached hydrogen (secondary N) is 1. The standard InChI is InChI=1S/C15H22F2N2/c1-2-4-13-11-19(8-3-7-18-13)10-12-5-6-14(16)15(17)9-12/h5-6,9,13,18H,2-4,7-8,10-11H2,1H3. The molecule has 0 radical (unpaired) electrons. The summed E-state index contributed by atoms with van der Waals surface area (Å²) in [4.78, 5) is 2.33. The van der Waals surface area contributed by atoms with E-state index in [1.54, 1.807) is 6.07 Å². The number of hydrogen-bond acceptors (Lipinski definition) is 2. The summed E-state index contributed by atoms with van der Waals surface area (Å²) in [5, 5.41) is 3.54. The molecule has 1 unspecified atom stereocenters. The summed E-state index contributed by atoms with van der Waals surface area (Å²) in [5.41, 5.74) is 0.844. The molecule has 1 atom stereocenters. The summed E-state index contributed by atoms with van der Waals surface area (Å²) >= 11 is 0. The number of benzene rings is 1. The molecule has 0 saturated carbocycles. The molecule has 2 nitrogen and oxygen atoms in total. The van der Waals surface area contributed by atoms with Gasteiger partial charge in [0.25, 0.3) is 0 Å². The van der Waals surface area contributed by atoms with Crippen LogP contribution in [0.25, 0.3) is 0 Å². The van der Waals surface area contributed by atoms with Gasteiger partial charge in [-0.05, 0) is 43.6 Å². The molecule has 0 amide bonds. The molecular formula is C15H22F2N2. The van der Waals surface area contributed by atoms with Crippen LogP contribution in [0.1, 0.15) is 31.7 Å². The highest BCUT2D eigenvalue weighted by Crippen LogP contribution is 2.13. The Kier molecular flexibility index (Phi) is 5.28. The second-order valence-electron chi connectivity index (χ2n) is 5.28. The Bertz CT molecular complexity index is 409. The van der Waals surface area contributed by atoms with Crippen LogP contribution >= 0.6 is 0 Å². The molecule has 19 heavy (non-hydrogen) atoms. The van der Waals surface area contributed by atoms with Gasteiger partial charge in [0.1, 0.15) is 0 Å². The van der Waals surface area contributed by atoms with Crippen LogP contribution in [0.3, 0.4) is 0 Å². The quantitative estimate of drug-likeness (QED) is 0.903. The maximum atomic E-state index is 13.2. The smallest absolute Gasteiger partial charge is 0.159 e. The van der Waals surface area contributed by atoms with Gasteiger partial charge in [0, 0.05) is 19.1 Å². The lowest BCUT2D eigenvalue weighted by atomic mass is 10.1. The van der Waals surface area contributed by atoms with E-state index in [2.05, 4.69) is 17.1 Å². The van der Waals surface area contributed by atoms with Crippen molar-refractivity contribution in [3.05, 3.63) is 35.4 Å². The van der Waals surface area contributed by atoms with Gasteiger partial charge in [0.2, 0.25) is 0 Å². The van der Waals surface area contributed by atoms with E-state index >= 15 is 0 Å². The van der Waals surface area contributed by atoms with Crippen molar-refractivity contribution >= 4 is 0 Å². The topological polar surface area (TPSA) is 15.3 Å². The van der Waals surface area contributed by atoms with Crippen LogP contribution < -0.4 is 5.32 Å². The zero-order chi connectivity index (χ0) is 13.7. The summed E-state index contributed by atoms with van der Waals surface area (Å²) in [6.45, 7) is 5.91. The Morgan fingerprint density at radius 1 is 1.32 bits per heavy atom. The van der Waals surface area contributed by atoms with Crippen molar-refractivity contribution in [2.75, 3.05) is 19.6 Å². The summed E-state index contributed by atoms with van der Waals surface area (Å²) in [6, 6.07) is 4.70. The molecule has 106 valence electrons. The Morgan fingerprint density at radius 3 is 2.89 bits per heavy atom. The number of hydrogen-bond donors (Lipinski definition) is 1. The zero-order valence-corrected chi connectivity index (χ0v) is 11.5. The second-order valence-corrected chi connectivity index (χ2v) is 5.28. The van der Waals surface area contributed by atoms with Gasteiger partial charge in [-0.15, -0.1) is 0 Å². The van der Waals surface area contributed by atoms with Gasteiger partial charge < -0.3 is 5.32 Å². The van der Waals surface area contributed by atoms with Crippen LogP contribution in [0.2, 0.25) is 0 Å². The highest BCUT2D eigenvalue weighted by molar-refractivity contribution is 5.17. The fourth-order valence-corrected chi connectivity index (χ4v) is 2.66. The highest BCUT2D eigenvalue weighted by Gasteiger charge is 2.17. The molecule has 0 aliphatic carbocycles. The summed E-state index contributed by atoms with van der Waals surface area (Å²) in [5.74, 6) is -1.53. The van der Waals surface area contributed by atoms with E-state index in [0.717, 1.165) is 44.5 Å². The molecule has 1 saturated heterocycles. The van der Waals surface area contributed by atoms with Crippen molar-refractivity contribution in [2.24, 2.45) is 0 Å². The fourth-order valence-electron chi connectivity index (χ4n) is 2.66. The minimum absolute atomic E-state index is 0.512. The van der Waals surface area contributed by atoms with E-state index in [-0.39, 0.29) is 0 Å². The first-order valence-corrected chi connectivity index (χ1v) is 7.08. The van der Waals surface area contributed by atoms with Crippen LogP contribution in [-0.2, 0) is 6.54 Å². The lowest BCUT2D eigenvalue weighted by Crippen LogP contribution is -2.37. The SMILES string of the molecule is CCCC1CN(Cc2ccc(F)c(F)c2)CCCN1. The first-order valence-electron chi connectivity index (χ1n) is 7.08. The molecule has 2 rings (SSSR count).